The number of likely N-dealkylation sites (N-methyl/N-ethyl adjacent to an activating group) is 1. The fourth-order valence-corrected chi connectivity index (χ4v) is 2.29. The van der Waals surface area contributed by atoms with Crippen molar-refractivity contribution in [3.63, 3.8) is 0 Å². The van der Waals surface area contributed by atoms with Gasteiger partial charge in [-0.1, -0.05) is 29.3 Å². The molecule has 2 nitrogen and oxygen atoms in total. The van der Waals surface area contributed by atoms with E-state index in [1.165, 1.54) is 5.56 Å². The topological polar surface area (TPSA) is 15.3 Å². The van der Waals surface area contributed by atoms with Crippen molar-refractivity contribution in [2.24, 2.45) is 0 Å². The SMILES string of the molecule is CN(CCc1ccc(Cl)cc1Cl)C1CNC1. The summed E-state index contributed by atoms with van der Waals surface area (Å²) >= 11 is 12.0. The van der Waals surface area contributed by atoms with Gasteiger partial charge in [0.1, 0.15) is 0 Å². The average molecular weight is 259 g/mol. The molecule has 16 heavy (non-hydrogen) atoms. The van der Waals surface area contributed by atoms with Gasteiger partial charge in [0.15, 0.2) is 0 Å². The highest BCUT2D eigenvalue weighted by molar-refractivity contribution is 6.35. The van der Waals surface area contributed by atoms with Crippen LogP contribution in [-0.4, -0.2) is 37.6 Å². The van der Waals surface area contributed by atoms with Crippen LogP contribution in [0, 0.1) is 0 Å². The van der Waals surface area contributed by atoms with Crippen molar-refractivity contribution < 1.29 is 0 Å². The van der Waals surface area contributed by atoms with Gasteiger partial charge in [0.2, 0.25) is 0 Å². The molecule has 0 unspecified atom stereocenters. The fraction of sp³-hybridized carbons (Fsp3) is 0.500. The molecule has 1 aromatic carbocycles. The first-order valence-corrected chi connectivity index (χ1v) is 6.27. The Bertz CT molecular complexity index is 364. The number of rotatable bonds is 4. The zero-order chi connectivity index (χ0) is 11.5. The summed E-state index contributed by atoms with van der Waals surface area (Å²) in [5.74, 6) is 0. The van der Waals surface area contributed by atoms with Gasteiger partial charge in [-0.25, -0.2) is 0 Å². The largest absolute Gasteiger partial charge is 0.314 e. The Balaban J connectivity index is 1.88. The smallest absolute Gasteiger partial charge is 0.0453 e. The summed E-state index contributed by atoms with van der Waals surface area (Å²) in [7, 11) is 2.16. The van der Waals surface area contributed by atoms with Crippen molar-refractivity contribution in [3.8, 4) is 0 Å². The number of hydrogen-bond acceptors (Lipinski definition) is 2. The first kappa shape index (κ1) is 12.2. The lowest BCUT2D eigenvalue weighted by molar-refractivity contribution is 0.182. The summed E-state index contributed by atoms with van der Waals surface area (Å²) in [6.45, 7) is 3.24. The molecular weight excluding hydrogens is 243 g/mol. The molecule has 1 aliphatic rings. The van der Waals surface area contributed by atoms with Gasteiger partial charge in [-0.2, -0.15) is 0 Å². The van der Waals surface area contributed by atoms with E-state index in [2.05, 4.69) is 17.3 Å². The lowest BCUT2D eigenvalue weighted by Crippen LogP contribution is -2.56. The predicted molar refractivity (Wildman–Crippen MR) is 69.5 cm³/mol. The molecule has 0 atom stereocenters. The molecule has 2 rings (SSSR count). The zero-order valence-corrected chi connectivity index (χ0v) is 10.9. The molecule has 0 bridgehead atoms. The molecule has 1 fully saturated rings. The van der Waals surface area contributed by atoms with Gasteiger partial charge < -0.3 is 10.2 Å². The highest BCUT2D eigenvalue weighted by Gasteiger charge is 2.20. The number of halogens is 2. The Kier molecular flexibility index (Phi) is 4.09. The molecule has 1 N–H and O–H groups in total. The molecule has 88 valence electrons. The summed E-state index contributed by atoms with van der Waals surface area (Å²) in [6, 6.07) is 6.40. The van der Waals surface area contributed by atoms with E-state index in [1.54, 1.807) is 0 Å². The Labute approximate surface area is 107 Å². The van der Waals surface area contributed by atoms with Crippen LogP contribution in [0.4, 0.5) is 0 Å². The second kappa shape index (κ2) is 5.37. The third-order valence-corrected chi connectivity index (χ3v) is 3.72. The van der Waals surface area contributed by atoms with Crippen LogP contribution in [-0.2, 0) is 6.42 Å². The molecule has 1 aromatic rings. The standard InChI is InChI=1S/C12H16Cl2N2/c1-16(11-7-15-8-11)5-4-9-2-3-10(13)6-12(9)14/h2-3,6,11,15H,4-5,7-8H2,1H3. The van der Waals surface area contributed by atoms with Crippen LogP contribution in [0.25, 0.3) is 0 Å². The maximum Gasteiger partial charge on any atom is 0.0453 e. The predicted octanol–water partition coefficient (Wildman–Crippen LogP) is 2.44. The maximum atomic E-state index is 6.13. The zero-order valence-electron chi connectivity index (χ0n) is 9.34. The lowest BCUT2D eigenvalue weighted by atomic mass is 10.1. The van der Waals surface area contributed by atoms with Gasteiger partial charge >= 0.3 is 0 Å². The van der Waals surface area contributed by atoms with Gasteiger partial charge in [-0.15, -0.1) is 0 Å². The molecule has 0 aliphatic carbocycles. The average Bonchev–Trinajstić information content (AvgIpc) is 2.13. The second-order valence-corrected chi connectivity index (χ2v) is 5.12. The maximum absolute atomic E-state index is 6.13. The third kappa shape index (κ3) is 2.89. The highest BCUT2D eigenvalue weighted by Crippen LogP contribution is 2.21. The Morgan fingerprint density at radius 2 is 2.12 bits per heavy atom. The molecule has 0 saturated carbocycles. The summed E-state index contributed by atoms with van der Waals surface area (Å²) in [4.78, 5) is 2.38. The molecule has 1 saturated heterocycles. The molecule has 1 aliphatic heterocycles. The van der Waals surface area contributed by atoms with Gasteiger partial charge in [-0.05, 0) is 31.2 Å². The van der Waals surface area contributed by atoms with Crippen molar-refractivity contribution in [1.82, 2.24) is 10.2 Å². The Morgan fingerprint density at radius 1 is 1.38 bits per heavy atom. The highest BCUT2D eigenvalue weighted by atomic mass is 35.5. The van der Waals surface area contributed by atoms with Crippen molar-refractivity contribution >= 4 is 23.2 Å². The van der Waals surface area contributed by atoms with E-state index in [0.29, 0.717) is 11.1 Å². The van der Waals surface area contributed by atoms with Crippen molar-refractivity contribution in [2.45, 2.75) is 12.5 Å². The van der Waals surface area contributed by atoms with Crippen molar-refractivity contribution in [2.75, 3.05) is 26.7 Å². The van der Waals surface area contributed by atoms with Crippen LogP contribution in [0.2, 0.25) is 10.0 Å². The second-order valence-electron chi connectivity index (χ2n) is 4.28. The van der Waals surface area contributed by atoms with Crippen LogP contribution in [0.5, 0.6) is 0 Å². The van der Waals surface area contributed by atoms with E-state index in [-0.39, 0.29) is 0 Å². The Morgan fingerprint density at radius 3 is 2.69 bits per heavy atom. The molecule has 0 radical (unpaired) electrons. The molecular formula is C12H16Cl2N2. The minimum absolute atomic E-state index is 0.686. The normalized spacial score (nSPS) is 16.5. The molecule has 0 amide bonds. The van der Waals surface area contributed by atoms with Crippen LogP contribution < -0.4 is 5.32 Å². The number of benzene rings is 1. The summed E-state index contributed by atoms with van der Waals surface area (Å²) in [6.07, 6.45) is 0.975. The first-order chi connectivity index (χ1) is 7.66. The quantitative estimate of drug-likeness (QED) is 0.893. The molecule has 1 heterocycles. The number of nitrogens with zero attached hydrogens (tertiary/aromatic N) is 1. The Hall–Kier alpha value is -0.280. The monoisotopic (exact) mass is 258 g/mol. The molecule has 0 spiro atoms. The van der Waals surface area contributed by atoms with Crippen molar-refractivity contribution in [1.29, 1.82) is 0 Å². The fourth-order valence-electron chi connectivity index (χ4n) is 1.79. The first-order valence-electron chi connectivity index (χ1n) is 5.51. The number of hydrogen-bond donors (Lipinski definition) is 1. The summed E-state index contributed by atoms with van der Waals surface area (Å²) < 4.78 is 0. The van der Waals surface area contributed by atoms with Gasteiger partial charge in [0, 0.05) is 35.7 Å². The van der Waals surface area contributed by atoms with E-state index < -0.39 is 0 Å². The molecule has 4 heteroatoms. The van der Waals surface area contributed by atoms with Crippen molar-refractivity contribution in [3.05, 3.63) is 33.8 Å². The minimum Gasteiger partial charge on any atom is -0.314 e. The van der Waals surface area contributed by atoms with Crippen LogP contribution >= 0.6 is 23.2 Å². The number of nitrogens with one attached hydrogen (secondary N) is 1. The van der Waals surface area contributed by atoms with Crippen LogP contribution in [0.3, 0.4) is 0 Å². The van der Waals surface area contributed by atoms with Gasteiger partial charge in [-0.3, -0.25) is 0 Å². The lowest BCUT2D eigenvalue weighted by Gasteiger charge is -2.35. The van der Waals surface area contributed by atoms with Crippen LogP contribution in [0.1, 0.15) is 5.56 Å². The van der Waals surface area contributed by atoms with E-state index in [1.807, 2.05) is 18.2 Å². The summed E-state index contributed by atoms with van der Waals surface area (Å²) in [5.41, 5.74) is 1.17. The molecule has 0 aromatic heterocycles. The van der Waals surface area contributed by atoms with E-state index in [0.717, 1.165) is 31.1 Å². The summed E-state index contributed by atoms with van der Waals surface area (Å²) in [5, 5.41) is 4.74. The van der Waals surface area contributed by atoms with Gasteiger partial charge in [0.25, 0.3) is 0 Å². The van der Waals surface area contributed by atoms with Gasteiger partial charge in [0.05, 0.1) is 0 Å². The van der Waals surface area contributed by atoms with E-state index in [4.69, 9.17) is 23.2 Å². The van der Waals surface area contributed by atoms with E-state index >= 15 is 0 Å². The van der Waals surface area contributed by atoms with Crippen LogP contribution in [0.15, 0.2) is 18.2 Å². The third-order valence-electron chi connectivity index (χ3n) is 3.13. The van der Waals surface area contributed by atoms with E-state index in [9.17, 15) is 0 Å². The minimum atomic E-state index is 0.686.